The Morgan fingerprint density at radius 2 is 1.53 bits per heavy atom. The van der Waals surface area contributed by atoms with Crippen LogP contribution in [0.5, 0.6) is 17.2 Å². The molecule has 0 radical (unpaired) electrons. The zero-order chi connectivity index (χ0) is 26.6. The normalized spacial score (nSPS) is 14.2. The van der Waals surface area contributed by atoms with Crippen LogP contribution in [0.25, 0.3) is 0 Å². The number of fused-ring (bicyclic) bond motifs is 1. The molecular weight excluding hydrogens is 476 g/mol. The van der Waals surface area contributed by atoms with Gasteiger partial charge in [0, 0.05) is 11.6 Å². The maximum atomic E-state index is 12.6. The van der Waals surface area contributed by atoms with Gasteiger partial charge >= 0.3 is 5.97 Å². The van der Waals surface area contributed by atoms with E-state index in [1.54, 1.807) is 30.3 Å². The summed E-state index contributed by atoms with van der Waals surface area (Å²) in [5.41, 5.74) is 11.9. The highest BCUT2D eigenvalue weighted by Gasteiger charge is 2.31. The van der Waals surface area contributed by atoms with Crippen molar-refractivity contribution < 1.29 is 19.0 Å². The molecule has 6 heteroatoms. The van der Waals surface area contributed by atoms with E-state index in [1.807, 2.05) is 62.4 Å². The third kappa shape index (κ3) is 5.23. The summed E-state index contributed by atoms with van der Waals surface area (Å²) in [5.74, 6) is 0.584. The van der Waals surface area contributed by atoms with E-state index >= 15 is 0 Å². The van der Waals surface area contributed by atoms with Crippen LogP contribution in [0.2, 0.25) is 0 Å². The van der Waals surface area contributed by atoms with Gasteiger partial charge in [-0.15, -0.1) is 0 Å². The third-order valence-electron chi connectivity index (χ3n) is 6.43. The molecule has 2 N–H and O–H groups in total. The summed E-state index contributed by atoms with van der Waals surface area (Å²) in [6, 6.07) is 30.2. The van der Waals surface area contributed by atoms with Crippen LogP contribution in [0.3, 0.4) is 0 Å². The monoisotopic (exact) mass is 502 g/mol. The van der Waals surface area contributed by atoms with Crippen LogP contribution >= 0.6 is 0 Å². The fourth-order valence-electron chi connectivity index (χ4n) is 4.31. The Balaban J connectivity index is 1.37. The predicted molar refractivity (Wildman–Crippen MR) is 144 cm³/mol. The minimum absolute atomic E-state index is 0.0201. The molecule has 38 heavy (non-hydrogen) atoms. The van der Waals surface area contributed by atoms with Crippen LogP contribution in [-0.2, 0) is 6.61 Å². The van der Waals surface area contributed by atoms with Gasteiger partial charge in [-0.25, -0.2) is 4.79 Å². The molecule has 0 spiro atoms. The second-order valence-corrected chi connectivity index (χ2v) is 9.22. The Kier molecular flexibility index (Phi) is 6.84. The molecule has 6 nitrogen and oxygen atoms in total. The Morgan fingerprint density at radius 1 is 0.895 bits per heavy atom. The van der Waals surface area contributed by atoms with Crippen molar-refractivity contribution in [3.05, 3.63) is 136 Å². The van der Waals surface area contributed by atoms with E-state index in [9.17, 15) is 10.1 Å². The molecule has 0 saturated carbocycles. The van der Waals surface area contributed by atoms with Crippen LogP contribution in [0, 0.1) is 25.2 Å². The number of hydrogen-bond acceptors (Lipinski definition) is 6. The number of hydrogen-bond donors (Lipinski definition) is 1. The summed E-state index contributed by atoms with van der Waals surface area (Å²) in [7, 11) is 0. The fourth-order valence-corrected chi connectivity index (χ4v) is 4.31. The summed E-state index contributed by atoms with van der Waals surface area (Å²) in [6.07, 6.45) is 0. The first kappa shape index (κ1) is 24.7. The molecule has 0 aliphatic carbocycles. The maximum absolute atomic E-state index is 12.6. The van der Waals surface area contributed by atoms with Gasteiger partial charge in [-0.3, -0.25) is 0 Å². The van der Waals surface area contributed by atoms with Crippen molar-refractivity contribution in [2.75, 3.05) is 0 Å². The molecule has 1 atom stereocenters. The number of carbonyl (C=O) groups excluding carboxylic acids is 1. The zero-order valence-electron chi connectivity index (χ0n) is 21.1. The molecule has 188 valence electrons. The van der Waals surface area contributed by atoms with Gasteiger partial charge < -0.3 is 19.9 Å². The van der Waals surface area contributed by atoms with E-state index in [1.165, 1.54) is 5.56 Å². The maximum Gasteiger partial charge on any atom is 0.343 e. The molecule has 1 heterocycles. The zero-order valence-corrected chi connectivity index (χ0v) is 21.1. The average Bonchev–Trinajstić information content (AvgIpc) is 2.92. The molecule has 1 aliphatic heterocycles. The minimum Gasteiger partial charge on any atom is -0.489 e. The second kappa shape index (κ2) is 10.5. The summed E-state index contributed by atoms with van der Waals surface area (Å²) in [5, 5.41) is 9.86. The highest BCUT2D eigenvalue weighted by atomic mass is 16.5. The number of benzene rings is 4. The van der Waals surface area contributed by atoms with Crippen LogP contribution in [0.4, 0.5) is 0 Å². The summed E-state index contributed by atoms with van der Waals surface area (Å²) in [6.45, 7) is 4.46. The lowest BCUT2D eigenvalue weighted by Crippen LogP contribution is -2.21. The van der Waals surface area contributed by atoms with Gasteiger partial charge in [-0.2, -0.15) is 5.26 Å². The van der Waals surface area contributed by atoms with Crippen molar-refractivity contribution in [1.82, 2.24) is 0 Å². The van der Waals surface area contributed by atoms with E-state index in [4.69, 9.17) is 19.9 Å². The molecule has 1 unspecified atom stereocenters. The Labute approximate surface area is 221 Å². The molecule has 4 aromatic rings. The standard InChI is InChI=1S/C32H26N2O4/c1-20-3-7-22(8-4-20)19-36-25-13-11-23(12-14-25)30-27-16-15-26(17-29(27)38-31(34)28(30)18-33)37-32(35)24-9-5-21(2)6-10-24/h3-17,30H,19,34H2,1-2H3. The number of allylic oxidation sites excluding steroid dienone is 1. The Bertz CT molecular complexity index is 1550. The van der Waals surface area contributed by atoms with Gasteiger partial charge in [-0.1, -0.05) is 65.7 Å². The number of aryl methyl sites for hydroxylation is 2. The quantitative estimate of drug-likeness (QED) is 0.245. The van der Waals surface area contributed by atoms with Crippen molar-refractivity contribution in [1.29, 1.82) is 5.26 Å². The molecular formula is C32H26N2O4. The van der Waals surface area contributed by atoms with Crippen molar-refractivity contribution in [3.8, 4) is 23.3 Å². The van der Waals surface area contributed by atoms with Gasteiger partial charge in [0.15, 0.2) is 0 Å². The van der Waals surface area contributed by atoms with E-state index in [0.29, 0.717) is 29.2 Å². The third-order valence-corrected chi connectivity index (χ3v) is 6.43. The molecule has 0 fully saturated rings. The first-order valence-corrected chi connectivity index (χ1v) is 12.2. The molecule has 0 saturated heterocycles. The lowest BCUT2D eigenvalue weighted by molar-refractivity contribution is 0.0734. The number of rotatable bonds is 6. The van der Waals surface area contributed by atoms with Crippen molar-refractivity contribution in [2.45, 2.75) is 26.4 Å². The number of nitriles is 1. The van der Waals surface area contributed by atoms with Gasteiger partial charge in [0.25, 0.3) is 0 Å². The van der Waals surface area contributed by atoms with Gasteiger partial charge in [0.2, 0.25) is 5.88 Å². The van der Waals surface area contributed by atoms with Gasteiger partial charge in [0.1, 0.15) is 35.5 Å². The number of nitrogens with zero attached hydrogens (tertiary/aromatic N) is 1. The van der Waals surface area contributed by atoms with Gasteiger partial charge in [0.05, 0.1) is 11.5 Å². The van der Waals surface area contributed by atoms with Gasteiger partial charge in [-0.05, 0) is 55.3 Å². The minimum atomic E-state index is -0.472. The lowest BCUT2D eigenvalue weighted by atomic mass is 9.83. The highest BCUT2D eigenvalue weighted by Crippen LogP contribution is 2.43. The van der Waals surface area contributed by atoms with E-state index in [2.05, 4.69) is 18.2 Å². The van der Waals surface area contributed by atoms with Crippen molar-refractivity contribution >= 4 is 5.97 Å². The molecule has 0 bridgehead atoms. The smallest absolute Gasteiger partial charge is 0.343 e. The molecule has 4 aromatic carbocycles. The van der Waals surface area contributed by atoms with Crippen LogP contribution in [0.1, 0.15) is 44.1 Å². The second-order valence-electron chi connectivity index (χ2n) is 9.22. The molecule has 1 aliphatic rings. The topological polar surface area (TPSA) is 94.6 Å². The van der Waals surface area contributed by atoms with Crippen LogP contribution < -0.4 is 19.9 Å². The lowest BCUT2D eigenvalue weighted by Gasteiger charge is -2.26. The first-order chi connectivity index (χ1) is 18.4. The van der Waals surface area contributed by atoms with E-state index in [0.717, 1.165) is 28.0 Å². The first-order valence-electron chi connectivity index (χ1n) is 12.2. The number of carbonyl (C=O) groups is 1. The van der Waals surface area contributed by atoms with Crippen molar-refractivity contribution in [2.24, 2.45) is 5.73 Å². The fraction of sp³-hybridized carbons (Fsp3) is 0.125. The summed E-state index contributed by atoms with van der Waals surface area (Å²) in [4.78, 5) is 12.6. The summed E-state index contributed by atoms with van der Waals surface area (Å²) < 4.78 is 17.3. The molecule has 5 rings (SSSR count). The Hall–Kier alpha value is -5.02. The molecule has 0 aromatic heterocycles. The van der Waals surface area contributed by atoms with E-state index in [-0.39, 0.29) is 5.88 Å². The van der Waals surface area contributed by atoms with Crippen LogP contribution in [-0.4, -0.2) is 5.97 Å². The largest absolute Gasteiger partial charge is 0.489 e. The number of ether oxygens (including phenoxy) is 3. The Morgan fingerprint density at radius 3 is 2.18 bits per heavy atom. The SMILES string of the molecule is Cc1ccc(COc2ccc(C3C(C#N)=C(N)Oc4cc(OC(=O)c5ccc(C)cc5)ccc43)cc2)cc1. The predicted octanol–water partition coefficient (Wildman–Crippen LogP) is 6.32. The highest BCUT2D eigenvalue weighted by molar-refractivity contribution is 5.91. The average molecular weight is 503 g/mol. The summed E-state index contributed by atoms with van der Waals surface area (Å²) >= 11 is 0. The van der Waals surface area contributed by atoms with E-state index < -0.39 is 11.9 Å². The molecule has 0 amide bonds. The number of nitrogens with two attached hydrogens (primary N) is 1. The van der Waals surface area contributed by atoms with Crippen molar-refractivity contribution in [3.63, 3.8) is 0 Å². The number of esters is 1. The van der Waals surface area contributed by atoms with Crippen LogP contribution in [0.15, 0.2) is 102 Å².